The van der Waals surface area contributed by atoms with Crippen molar-refractivity contribution in [2.45, 2.75) is 58.9 Å². The molecule has 0 spiro atoms. The van der Waals surface area contributed by atoms with Gasteiger partial charge in [-0.25, -0.2) is 0 Å². The Labute approximate surface area is 193 Å². The van der Waals surface area contributed by atoms with Gasteiger partial charge in [0.25, 0.3) is 5.91 Å². The van der Waals surface area contributed by atoms with Crippen LogP contribution in [-0.2, 0) is 17.1 Å². The molecule has 0 aliphatic rings. The van der Waals surface area contributed by atoms with E-state index < -0.39 is 39.7 Å². The van der Waals surface area contributed by atoms with Gasteiger partial charge in [0.15, 0.2) is 16.6 Å². The molecule has 1 atom stereocenters. The summed E-state index contributed by atoms with van der Waals surface area (Å²) in [6.45, 7) is 23.2. The number of amides is 1. The molecule has 0 aromatic heterocycles. The van der Waals surface area contributed by atoms with Gasteiger partial charge in [-0.2, -0.15) is 5.26 Å². The van der Waals surface area contributed by atoms with Crippen molar-refractivity contribution in [3.8, 4) is 6.07 Å². The summed E-state index contributed by atoms with van der Waals surface area (Å²) >= 11 is 0. The maximum Gasteiger partial charge on any atom is 0.347 e. The average molecular weight is 500 g/mol. The average Bonchev–Trinajstić information content (AvgIpc) is 2.51. The lowest BCUT2D eigenvalue weighted by Gasteiger charge is -2.42. The Morgan fingerprint density at radius 3 is 1.94 bits per heavy atom. The predicted octanol–water partition coefficient (Wildman–Crippen LogP) is 4.22. The number of nitriles is 1. The highest BCUT2D eigenvalue weighted by Gasteiger charge is 2.46. The Kier molecular flexibility index (Phi) is 11.1. The van der Waals surface area contributed by atoms with Crippen LogP contribution < -0.4 is 5.32 Å². The van der Waals surface area contributed by atoms with Crippen LogP contribution in [0.4, 0.5) is 0 Å². The zero-order chi connectivity index (χ0) is 24.7. The molecule has 0 aromatic carbocycles. The second kappa shape index (κ2) is 11.6. The van der Waals surface area contributed by atoms with E-state index in [0.717, 1.165) is 0 Å². The molecule has 1 amide bonds. The molecule has 1 N–H and O–H groups in total. The van der Waals surface area contributed by atoms with Crippen LogP contribution in [0.15, 0.2) is 35.7 Å². The molecule has 0 heterocycles. The lowest BCUT2D eigenvalue weighted by Crippen LogP contribution is -2.59. The second-order valence-corrected chi connectivity index (χ2v) is 26.5. The molecule has 1 unspecified atom stereocenters. The zero-order valence-electron chi connectivity index (χ0n) is 21.2. The summed E-state index contributed by atoms with van der Waals surface area (Å²) in [4.78, 5) is 14.3. The quantitative estimate of drug-likeness (QED) is 0.187. The Morgan fingerprint density at radius 2 is 1.52 bits per heavy atom. The van der Waals surface area contributed by atoms with Gasteiger partial charge in [-0.15, -0.1) is 0 Å². The summed E-state index contributed by atoms with van der Waals surface area (Å²) in [5, 5.41) is 12.8. The van der Waals surface area contributed by atoms with E-state index in [2.05, 4.69) is 51.2 Å². The number of hydrogen-bond acceptors (Lipinski definition) is 6. The molecule has 0 rings (SSSR count). The smallest absolute Gasteiger partial charge is 0.347 e. The van der Waals surface area contributed by atoms with Crippen molar-refractivity contribution < 1.29 is 17.1 Å². The lowest BCUT2D eigenvalue weighted by molar-refractivity contribution is -0.116. The summed E-state index contributed by atoms with van der Waals surface area (Å²) in [5.74, 6) is -0.453. The van der Waals surface area contributed by atoms with Gasteiger partial charge in [0, 0.05) is 20.6 Å². The van der Waals surface area contributed by atoms with Crippen LogP contribution in [0.25, 0.3) is 0 Å². The van der Waals surface area contributed by atoms with Crippen LogP contribution in [0.1, 0.15) is 0 Å². The molecule has 0 bridgehead atoms. The summed E-state index contributed by atoms with van der Waals surface area (Å²) in [5.41, 5.74) is 0.0260. The van der Waals surface area contributed by atoms with Crippen LogP contribution in [0.3, 0.4) is 0 Å². The minimum Gasteiger partial charge on any atom is -0.437 e. The molecule has 0 fully saturated rings. The summed E-state index contributed by atoms with van der Waals surface area (Å²) in [7, 11) is -5.41. The third-order valence-electron chi connectivity index (χ3n) is 3.61. The fourth-order valence-corrected chi connectivity index (χ4v) is 19.9. The normalized spacial score (nSPS) is 15.4. The van der Waals surface area contributed by atoms with E-state index >= 15 is 0 Å². The maximum absolute atomic E-state index is 12.5. The Bertz CT molecular complexity index is 747. The molecule has 11 heteroatoms. The van der Waals surface area contributed by atoms with Crippen LogP contribution in [0, 0.1) is 11.3 Å². The molecular weight excluding hydrogens is 459 g/mol. The van der Waals surface area contributed by atoms with Crippen molar-refractivity contribution in [2.24, 2.45) is 0 Å². The van der Waals surface area contributed by atoms with Gasteiger partial charge in [-0.1, -0.05) is 6.58 Å². The van der Waals surface area contributed by atoms with E-state index in [0.29, 0.717) is 5.20 Å². The summed E-state index contributed by atoms with van der Waals surface area (Å²) < 4.78 is 19.5. The Balaban J connectivity index is 5.52. The van der Waals surface area contributed by atoms with Gasteiger partial charge < -0.3 is 22.6 Å². The SMILES string of the molecule is C=C(CNC(=O)C(C#N)=CC=CN(C)C)[Si](C)(O[Si](C)(C)C)O[Si](C)(C)O[Si](C)(C)C. The maximum atomic E-state index is 12.5. The zero-order valence-corrected chi connectivity index (χ0v) is 25.2. The molecule has 0 saturated heterocycles. The highest BCUT2D eigenvalue weighted by Crippen LogP contribution is 2.28. The van der Waals surface area contributed by atoms with E-state index in [-0.39, 0.29) is 12.1 Å². The fourth-order valence-electron chi connectivity index (χ4n) is 2.89. The standard InChI is InChI=1S/C20H41N3O4Si4/c1-18(17-22-20(24)19(16-21)14-13-15-23(2)3)31(12,26-29(7,8)9)27-30(10,11)25-28(4,5)6/h13-15H,1,17H2,2-12H3,(H,22,24). The Morgan fingerprint density at radius 1 is 1.00 bits per heavy atom. The highest BCUT2D eigenvalue weighted by atomic mass is 28.5. The third-order valence-corrected chi connectivity index (χ3v) is 17.0. The lowest BCUT2D eigenvalue weighted by atomic mass is 10.2. The van der Waals surface area contributed by atoms with Crippen molar-refractivity contribution in [2.75, 3.05) is 20.6 Å². The topological polar surface area (TPSA) is 83.8 Å². The third kappa shape index (κ3) is 13.0. The highest BCUT2D eigenvalue weighted by molar-refractivity contribution is 6.92. The van der Waals surface area contributed by atoms with Gasteiger partial charge in [0.05, 0.1) is 0 Å². The largest absolute Gasteiger partial charge is 0.437 e. The van der Waals surface area contributed by atoms with Crippen LogP contribution in [0.2, 0.25) is 58.9 Å². The van der Waals surface area contributed by atoms with Gasteiger partial charge in [0.2, 0.25) is 0 Å². The van der Waals surface area contributed by atoms with E-state index in [1.165, 1.54) is 6.08 Å². The minimum absolute atomic E-state index is 0.0260. The number of allylic oxidation sites excluding steroid dienone is 2. The molecule has 0 aromatic rings. The minimum atomic E-state index is -2.89. The van der Waals surface area contributed by atoms with Gasteiger partial charge >= 0.3 is 17.1 Å². The molecular formula is C20H41N3O4Si4. The van der Waals surface area contributed by atoms with Crippen molar-refractivity contribution in [1.82, 2.24) is 10.2 Å². The van der Waals surface area contributed by atoms with E-state index in [9.17, 15) is 10.1 Å². The number of carbonyl (C=O) groups excluding carboxylic acids is 1. The van der Waals surface area contributed by atoms with Crippen molar-refractivity contribution >= 4 is 39.7 Å². The van der Waals surface area contributed by atoms with E-state index in [4.69, 9.17) is 12.3 Å². The molecule has 0 saturated carbocycles. The summed E-state index contributed by atoms with van der Waals surface area (Å²) in [6, 6.07) is 1.94. The van der Waals surface area contributed by atoms with Crippen molar-refractivity contribution in [3.05, 3.63) is 35.7 Å². The fraction of sp³-hybridized carbons (Fsp3) is 0.600. The molecule has 0 aliphatic heterocycles. The number of hydrogen-bond donors (Lipinski definition) is 1. The molecule has 31 heavy (non-hydrogen) atoms. The van der Waals surface area contributed by atoms with Crippen LogP contribution >= 0.6 is 0 Å². The van der Waals surface area contributed by atoms with Crippen LogP contribution in [0.5, 0.6) is 0 Å². The monoisotopic (exact) mass is 499 g/mol. The van der Waals surface area contributed by atoms with E-state index in [1.54, 1.807) is 12.3 Å². The van der Waals surface area contributed by atoms with Gasteiger partial charge in [0.1, 0.15) is 11.6 Å². The summed E-state index contributed by atoms with van der Waals surface area (Å²) in [6.07, 6.45) is 4.90. The first kappa shape index (κ1) is 29.7. The van der Waals surface area contributed by atoms with Crippen molar-refractivity contribution in [1.29, 1.82) is 5.26 Å². The van der Waals surface area contributed by atoms with Crippen LogP contribution in [-0.4, -0.2) is 65.2 Å². The molecule has 0 radical (unpaired) electrons. The molecule has 7 nitrogen and oxygen atoms in total. The van der Waals surface area contributed by atoms with E-state index in [1.807, 2.05) is 44.7 Å². The molecule has 176 valence electrons. The second-order valence-electron chi connectivity index (χ2n) is 10.2. The van der Waals surface area contributed by atoms with Crippen molar-refractivity contribution in [3.63, 3.8) is 0 Å². The number of nitrogens with zero attached hydrogens (tertiary/aromatic N) is 2. The molecule has 0 aliphatic carbocycles. The first-order chi connectivity index (χ1) is 13.8. The first-order valence-electron chi connectivity index (χ1n) is 10.3. The van der Waals surface area contributed by atoms with Gasteiger partial charge in [-0.05, 0) is 82.5 Å². The number of nitrogens with one attached hydrogen (secondary N) is 1. The first-order valence-corrected chi connectivity index (χ1v) is 22.3. The predicted molar refractivity (Wildman–Crippen MR) is 138 cm³/mol. The van der Waals surface area contributed by atoms with Gasteiger partial charge in [-0.3, -0.25) is 4.79 Å². The number of carbonyl (C=O) groups is 1. The number of rotatable bonds is 12. The Hall–Kier alpha value is -1.27.